The third kappa shape index (κ3) is 2.17. The standard InChI is InChI=1S/C8H8O3S/c1-12-7(8(9)10)5-6-3-2-4-11-6/h2-5H,1H3,(H,9,10). The molecule has 0 bridgehead atoms. The number of furan rings is 1. The van der Waals surface area contributed by atoms with Crippen LogP contribution < -0.4 is 0 Å². The van der Waals surface area contributed by atoms with Crippen LogP contribution in [0.25, 0.3) is 6.08 Å². The number of rotatable bonds is 3. The third-order valence-electron chi connectivity index (χ3n) is 1.25. The summed E-state index contributed by atoms with van der Waals surface area (Å²) >= 11 is 1.18. The van der Waals surface area contributed by atoms with Gasteiger partial charge < -0.3 is 9.52 Å². The number of hydrogen-bond acceptors (Lipinski definition) is 3. The SMILES string of the molecule is CSC(=Cc1ccco1)C(=O)O. The van der Waals surface area contributed by atoms with E-state index in [0.717, 1.165) is 0 Å². The van der Waals surface area contributed by atoms with Gasteiger partial charge in [-0.05, 0) is 18.4 Å². The molecule has 0 aliphatic rings. The molecule has 0 radical (unpaired) electrons. The fourth-order valence-electron chi connectivity index (χ4n) is 0.711. The molecule has 12 heavy (non-hydrogen) atoms. The van der Waals surface area contributed by atoms with Crippen molar-refractivity contribution in [1.29, 1.82) is 0 Å². The van der Waals surface area contributed by atoms with Gasteiger partial charge in [-0.25, -0.2) is 4.79 Å². The van der Waals surface area contributed by atoms with E-state index in [4.69, 9.17) is 9.52 Å². The number of thioether (sulfide) groups is 1. The first-order chi connectivity index (χ1) is 5.74. The number of hydrogen-bond donors (Lipinski definition) is 1. The number of aliphatic carboxylic acids is 1. The molecule has 1 heterocycles. The molecule has 3 nitrogen and oxygen atoms in total. The van der Waals surface area contributed by atoms with E-state index in [9.17, 15) is 4.79 Å². The van der Waals surface area contributed by atoms with Gasteiger partial charge in [0.1, 0.15) is 5.76 Å². The molecule has 0 aliphatic heterocycles. The number of carboxylic acids is 1. The van der Waals surface area contributed by atoms with Crippen molar-refractivity contribution in [3.05, 3.63) is 29.1 Å². The predicted molar refractivity (Wildman–Crippen MR) is 47.8 cm³/mol. The van der Waals surface area contributed by atoms with Gasteiger partial charge in [0.25, 0.3) is 0 Å². The van der Waals surface area contributed by atoms with Gasteiger partial charge in [0.05, 0.1) is 11.2 Å². The number of carbonyl (C=O) groups is 1. The molecule has 0 aliphatic carbocycles. The first kappa shape index (κ1) is 8.93. The van der Waals surface area contributed by atoms with Crippen molar-refractivity contribution >= 4 is 23.8 Å². The first-order valence-electron chi connectivity index (χ1n) is 3.26. The molecule has 1 N–H and O–H groups in total. The second kappa shape index (κ2) is 4.01. The molecular formula is C8H8O3S. The van der Waals surface area contributed by atoms with Gasteiger partial charge in [-0.2, -0.15) is 0 Å². The Morgan fingerprint density at radius 1 is 1.75 bits per heavy atom. The second-order valence-electron chi connectivity index (χ2n) is 2.03. The van der Waals surface area contributed by atoms with E-state index in [2.05, 4.69) is 0 Å². The van der Waals surface area contributed by atoms with Crippen LogP contribution in [0.15, 0.2) is 27.7 Å². The van der Waals surface area contributed by atoms with Crippen molar-refractivity contribution in [2.45, 2.75) is 0 Å². The zero-order valence-corrected chi connectivity index (χ0v) is 7.30. The van der Waals surface area contributed by atoms with Gasteiger partial charge in [0, 0.05) is 6.08 Å². The highest BCUT2D eigenvalue weighted by molar-refractivity contribution is 8.03. The van der Waals surface area contributed by atoms with E-state index in [1.807, 2.05) is 0 Å². The Labute approximate surface area is 74.1 Å². The molecular weight excluding hydrogens is 176 g/mol. The van der Waals surface area contributed by atoms with Crippen LogP contribution in [0.4, 0.5) is 0 Å². The summed E-state index contributed by atoms with van der Waals surface area (Å²) in [5, 5.41) is 8.64. The van der Waals surface area contributed by atoms with Crippen LogP contribution in [0.5, 0.6) is 0 Å². The molecule has 0 amide bonds. The van der Waals surface area contributed by atoms with Crippen LogP contribution in [-0.2, 0) is 4.79 Å². The van der Waals surface area contributed by atoms with Crippen LogP contribution in [0.2, 0.25) is 0 Å². The van der Waals surface area contributed by atoms with Crippen LogP contribution in [0.3, 0.4) is 0 Å². The minimum absolute atomic E-state index is 0.268. The Morgan fingerprint density at radius 2 is 2.50 bits per heavy atom. The van der Waals surface area contributed by atoms with E-state index >= 15 is 0 Å². The summed E-state index contributed by atoms with van der Waals surface area (Å²) < 4.78 is 4.96. The summed E-state index contributed by atoms with van der Waals surface area (Å²) in [7, 11) is 0. The highest BCUT2D eigenvalue weighted by Crippen LogP contribution is 2.16. The molecule has 0 spiro atoms. The molecule has 0 aromatic carbocycles. The molecule has 64 valence electrons. The fourth-order valence-corrected chi connectivity index (χ4v) is 1.12. The highest BCUT2D eigenvalue weighted by atomic mass is 32.2. The zero-order chi connectivity index (χ0) is 8.97. The summed E-state index contributed by atoms with van der Waals surface area (Å²) in [6.07, 6.45) is 4.71. The summed E-state index contributed by atoms with van der Waals surface area (Å²) in [6.45, 7) is 0. The lowest BCUT2D eigenvalue weighted by Gasteiger charge is -1.93. The lowest BCUT2D eigenvalue weighted by molar-refractivity contribution is -0.131. The van der Waals surface area contributed by atoms with Crippen molar-refractivity contribution in [2.24, 2.45) is 0 Å². The Balaban J connectivity index is 2.85. The second-order valence-corrected chi connectivity index (χ2v) is 2.88. The Kier molecular flexibility index (Phi) is 2.99. The largest absolute Gasteiger partial charge is 0.477 e. The monoisotopic (exact) mass is 184 g/mol. The Bertz CT molecular complexity index is 287. The van der Waals surface area contributed by atoms with Crippen molar-refractivity contribution in [3.63, 3.8) is 0 Å². The topological polar surface area (TPSA) is 50.4 Å². The molecule has 0 atom stereocenters. The van der Waals surface area contributed by atoms with Gasteiger partial charge in [0.15, 0.2) is 0 Å². The van der Waals surface area contributed by atoms with E-state index < -0.39 is 5.97 Å². The first-order valence-corrected chi connectivity index (χ1v) is 4.49. The predicted octanol–water partition coefficient (Wildman–Crippen LogP) is 2.07. The molecule has 1 rings (SSSR count). The maximum Gasteiger partial charge on any atom is 0.342 e. The van der Waals surface area contributed by atoms with Gasteiger partial charge in [-0.3, -0.25) is 0 Å². The van der Waals surface area contributed by atoms with Crippen LogP contribution in [-0.4, -0.2) is 17.3 Å². The molecule has 0 fully saturated rings. The highest BCUT2D eigenvalue weighted by Gasteiger charge is 2.05. The average molecular weight is 184 g/mol. The van der Waals surface area contributed by atoms with Gasteiger partial charge >= 0.3 is 5.97 Å². The lowest BCUT2D eigenvalue weighted by Crippen LogP contribution is -1.95. The molecule has 0 saturated carbocycles. The van der Waals surface area contributed by atoms with Gasteiger partial charge in [-0.1, -0.05) is 0 Å². The van der Waals surface area contributed by atoms with Crippen molar-refractivity contribution in [1.82, 2.24) is 0 Å². The van der Waals surface area contributed by atoms with Gasteiger partial charge in [0.2, 0.25) is 0 Å². The smallest absolute Gasteiger partial charge is 0.342 e. The van der Waals surface area contributed by atoms with Crippen molar-refractivity contribution in [3.8, 4) is 0 Å². The van der Waals surface area contributed by atoms with Crippen LogP contribution in [0.1, 0.15) is 5.76 Å². The summed E-state index contributed by atoms with van der Waals surface area (Å²) in [5.41, 5.74) is 0. The summed E-state index contributed by atoms with van der Waals surface area (Å²) in [6, 6.07) is 3.42. The van der Waals surface area contributed by atoms with Crippen molar-refractivity contribution < 1.29 is 14.3 Å². The fraction of sp³-hybridized carbons (Fsp3) is 0.125. The third-order valence-corrected chi connectivity index (χ3v) is 1.98. The lowest BCUT2D eigenvalue weighted by atomic mass is 10.4. The Morgan fingerprint density at radius 3 is 2.92 bits per heavy atom. The summed E-state index contributed by atoms with van der Waals surface area (Å²) in [4.78, 5) is 10.8. The molecule has 0 unspecified atom stereocenters. The van der Waals surface area contributed by atoms with E-state index in [-0.39, 0.29) is 4.91 Å². The van der Waals surface area contributed by atoms with E-state index in [1.165, 1.54) is 24.1 Å². The minimum Gasteiger partial charge on any atom is -0.477 e. The normalized spacial score (nSPS) is 11.6. The molecule has 4 heteroatoms. The summed E-state index contributed by atoms with van der Waals surface area (Å²) in [5.74, 6) is -0.374. The molecule has 0 saturated heterocycles. The minimum atomic E-state index is -0.932. The van der Waals surface area contributed by atoms with Gasteiger partial charge in [-0.15, -0.1) is 11.8 Å². The van der Waals surface area contributed by atoms with E-state index in [0.29, 0.717) is 5.76 Å². The quantitative estimate of drug-likeness (QED) is 0.730. The maximum absolute atomic E-state index is 10.5. The zero-order valence-electron chi connectivity index (χ0n) is 6.48. The van der Waals surface area contributed by atoms with Crippen LogP contribution >= 0.6 is 11.8 Å². The molecule has 1 aromatic heterocycles. The molecule has 1 aromatic rings. The van der Waals surface area contributed by atoms with Crippen molar-refractivity contribution in [2.75, 3.05) is 6.26 Å². The Hall–Kier alpha value is -1.16. The average Bonchev–Trinajstić information content (AvgIpc) is 2.51. The maximum atomic E-state index is 10.5. The number of carboxylic acid groups (broad SMARTS) is 1. The van der Waals surface area contributed by atoms with Crippen LogP contribution in [0, 0.1) is 0 Å². The van der Waals surface area contributed by atoms with E-state index in [1.54, 1.807) is 18.4 Å².